The van der Waals surface area contributed by atoms with Gasteiger partial charge in [0.25, 0.3) is 0 Å². The van der Waals surface area contributed by atoms with Gasteiger partial charge in [0.15, 0.2) is 0 Å². The highest BCUT2D eigenvalue weighted by Crippen LogP contribution is 2.28. The van der Waals surface area contributed by atoms with Crippen molar-refractivity contribution in [2.24, 2.45) is 0 Å². The summed E-state index contributed by atoms with van der Waals surface area (Å²) in [5.74, 6) is -0.362. The van der Waals surface area contributed by atoms with Gasteiger partial charge >= 0.3 is 12.0 Å². The lowest BCUT2D eigenvalue weighted by Gasteiger charge is -2.20. The average Bonchev–Trinajstić information content (AvgIpc) is 2.80. The zero-order chi connectivity index (χ0) is 15.4. The molecule has 0 unspecified atom stereocenters. The van der Waals surface area contributed by atoms with Crippen LogP contribution in [-0.4, -0.2) is 43.1 Å². The number of benzene rings is 1. The average molecular weight is 355 g/mol. The van der Waals surface area contributed by atoms with Gasteiger partial charge < -0.3 is 9.64 Å². The Morgan fingerprint density at radius 1 is 1.33 bits per heavy atom. The molecule has 0 bridgehead atoms. The van der Waals surface area contributed by atoms with Crippen LogP contribution in [0.2, 0.25) is 0 Å². The SMILES string of the molecule is CCOC(=O)CN1CCN(c2ccc(Br)cc2CC)C1=O. The Morgan fingerprint density at radius 3 is 2.76 bits per heavy atom. The first-order valence-electron chi connectivity index (χ1n) is 7.07. The van der Waals surface area contributed by atoms with Crippen LogP contribution in [0.1, 0.15) is 19.4 Å². The lowest BCUT2D eigenvalue weighted by atomic mass is 10.1. The van der Waals surface area contributed by atoms with Crippen molar-refractivity contribution in [2.45, 2.75) is 20.3 Å². The summed E-state index contributed by atoms with van der Waals surface area (Å²) in [6, 6.07) is 5.75. The number of halogens is 1. The lowest BCUT2D eigenvalue weighted by Crippen LogP contribution is -2.36. The molecule has 21 heavy (non-hydrogen) atoms. The molecule has 1 aromatic carbocycles. The predicted molar refractivity (Wildman–Crippen MR) is 84.5 cm³/mol. The summed E-state index contributed by atoms with van der Waals surface area (Å²) < 4.78 is 5.89. The van der Waals surface area contributed by atoms with Crippen molar-refractivity contribution in [1.29, 1.82) is 0 Å². The summed E-state index contributed by atoms with van der Waals surface area (Å²) in [6.45, 7) is 5.29. The fourth-order valence-corrected chi connectivity index (χ4v) is 2.82. The van der Waals surface area contributed by atoms with E-state index < -0.39 is 0 Å². The van der Waals surface area contributed by atoms with Crippen molar-refractivity contribution in [3.63, 3.8) is 0 Å². The van der Waals surface area contributed by atoms with Crippen molar-refractivity contribution in [2.75, 3.05) is 31.1 Å². The number of hydrogen-bond acceptors (Lipinski definition) is 3. The van der Waals surface area contributed by atoms with Crippen LogP contribution in [0.15, 0.2) is 22.7 Å². The van der Waals surface area contributed by atoms with Gasteiger partial charge in [-0.05, 0) is 37.1 Å². The fourth-order valence-electron chi connectivity index (χ4n) is 2.42. The number of esters is 1. The van der Waals surface area contributed by atoms with E-state index in [9.17, 15) is 9.59 Å². The fraction of sp³-hybridized carbons (Fsp3) is 0.467. The summed E-state index contributed by atoms with van der Waals surface area (Å²) in [4.78, 5) is 27.2. The van der Waals surface area contributed by atoms with Gasteiger partial charge in [0.1, 0.15) is 6.54 Å². The standard InChI is InChI=1S/C15H19BrN2O3/c1-3-11-9-12(16)5-6-13(11)18-8-7-17(15(18)20)10-14(19)21-4-2/h5-6,9H,3-4,7-8,10H2,1-2H3. The topological polar surface area (TPSA) is 49.9 Å². The van der Waals surface area contributed by atoms with Crippen molar-refractivity contribution >= 4 is 33.6 Å². The van der Waals surface area contributed by atoms with Gasteiger partial charge in [0, 0.05) is 23.2 Å². The Balaban J connectivity index is 2.13. The molecule has 0 aromatic heterocycles. The number of nitrogens with zero attached hydrogens (tertiary/aromatic N) is 2. The second-order valence-electron chi connectivity index (χ2n) is 4.79. The van der Waals surface area contributed by atoms with Gasteiger partial charge in [0.2, 0.25) is 0 Å². The number of rotatable bonds is 5. The van der Waals surface area contributed by atoms with Crippen molar-refractivity contribution < 1.29 is 14.3 Å². The molecular weight excluding hydrogens is 336 g/mol. The predicted octanol–water partition coefficient (Wildman–Crippen LogP) is 2.82. The van der Waals surface area contributed by atoms with Crippen LogP contribution < -0.4 is 4.90 Å². The maximum absolute atomic E-state index is 12.4. The molecule has 0 N–H and O–H groups in total. The lowest BCUT2D eigenvalue weighted by molar-refractivity contribution is -0.143. The van der Waals surface area contributed by atoms with Gasteiger partial charge in [-0.15, -0.1) is 0 Å². The first kappa shape index (κ1) is 15.8. The molecule has 1 aromatic rings. The number of ether oxygens (including phenoxy) is 1. The van der Waals surface area contributed by atoms with Crippen LogP contribution in [0.25, 0.3) is 0 Å². The summed E-state index contributed by atoms with van der Waals surface area (Å²) >= 11 is 3.45. The first-order chi connectivity index (χ1) is 10.1. The Kier molecular flexibility index (Phi) is 5.22. The molecule has 0 atom stereocenters. The number of amides is 2. The Hall–Kier alpha value is -1.56. The molecule has 1 saturated heterocycles. The smallest absolute Gasteiger partial charge is 0.325 e. The van der Waals surface area contributed by atoms with E-state index in [1.54, 1.807) is 11.8 Å². The van der Waals surface area contributed by atoms with E-state index in [1.165, 1.54) is 4.90 Å². The Labute approximate surface area is 133 Å². The monoisotopic (exact) mass is 354 g/mol. The van der Waals surface area contributed by atoms with Crippen LogP contribution in [0.3, 0.4) is 0 Å². The zero-order valence-corrected chi connectivity index (χ0v) is 13.9. The molecule has 0 aliphatic carbocycles. The molecule has 114 valence electrons. The number of hydrogen-bond donors (Lipinski definition) is 0. The third-order valence-corrected chi connectivity index (χ3v) is 3.93. The number of carbonyl (C=O) groups excluding carboxylic acids is 2. The van der Waals surface area contributed by atoms with E-state index in [-0.39, 0.29) is 18.5 Å². The molecule has 5 nitrogen and oxygen atoms in total. The summed E-state index contributed by atoms with van der Waals surface area (Å²) in [6.07, 6.45) is 0.844. The molecule has 1 heterocycles. The van der Waals surface area contributed by atoms with Gasteiger partial charge in [-0.3, -0.25) is 9.69 Å². The highest BCUT2D eigenvalue weighted by atomic mass is 79.9. The molecule has 0 radical (unpaired) electrons. The van der Waals surface area contributed by atoms with Crippen LogP contribution in [0, 0.1) is 0 Å². The summed E-state index contributed by atoms with van der Waals surface area (Å²) in [5.41, 5.74) is 2.02. The van der Waals surface area contributed by atoms with Crippen LogP contribution >= 0.6 is 15.9 Å². The number of anilines is 1. The third kappa shape index (κ3) is 3.56. The zero-order valence-electron chi connectivity index (χ0n) is 12.3. The molecule has 0 saturated carbocycles. The Bertz CT molecular complexity index is 548. The molecule has 1 aliphatic rings. The Morgan fingerprint density at radius 2 is 2.10 bits per heavy atom. The molecule has 2 rings (SSSR count). The van der Waals surface area contributed by atoms with E-state index in [2.05, 4.69) is 22.9 Å². The molecule has 0 spiro atoms. The number of carbonyl (C=O) groups is 2. The van der Waals surface area contributed by atoms with Gasteiger partial charge in [0.05, 0.1) is 6.61 Å². The normalized spacial score (nSPS) is 14.7. The van der Waals surface area contributed by atoms with E-state index >= 15 is 0 Å². The van der Waals surface area contributed by atoms with Gasteiger partial charge in [-0.25, -0.2) is 4.79 Å². The highest BCUT2D eigenvalue weighted by molar-refractivity contribution is 9.10. The van der Waals surface area contributed by atoms with E-state index in [1.807, 2.05) is 18.2 Å². The maximum atomic E-state index is 12.4. The summed E-state index contributed by atoms with van der Waals surface area (Å²) in [7, 11) is 0. The molecule has 1 fully saturated rings. The molecule has 6 heteroatoms. The van der Waals surface area contributed by atoms with E-state index in [0.717, 1.165) is 22.1 Å². The number of urea groups is 1. The van der Waals surface area contributed by atoms with Crippen molar-refractivity contribution in [3.05, 3.63) is 28.2 Å². The van der Waals surface area contributed by atoms with Crippen LogP contribution in [-0.2, 0) is 16.0 Å². The van der Waals surface area contributed by atoms with Gasteiger partial charge in [-0.2, -0.15) is 0 Å². The maximum Gasteiger partial charge on any atom is 0.325 e. The molecule has 1 aliphatic heterocycles. The minimum Gasteiger partial charge on any atom is -0.465 e. The quantitative estimate of drug-likeness (QED) is 0.764. The molecule has 2 amide bonds. The first-order valence-corrected chi connectivity index (χ1v) is 7.86. The van der Waals surface area contributed by atoms with Crippen LogP contribution in [0.5, 0.6) is 0 Å². The largest absolute Gasteiger partial charge is 0.465 e. The van der Waals surface area contributed by atoms with E-state index in [4.69, 9.17) is 4.74 Å². The number of aryl methyl sites for hydroxylation is 1. The third-order valence-electron chi connectivity index (χ3n) is 3.43. The van der Waals surface area contributed by atoms with Crippen LogP contribution in [0.4, 0.5) is 10.5 Å². The minimum atomic E-state index is -0.362. The van der Waals surface area contributed by atoms with Crippen molar-refractivity contribution in [1.82, 2.24) is 4.90 Å². The molecular formula is C15H19BrN2O3. The van der Waals surface area contributed by atoms with Gasteiger partial charge in [-0.1, -0.05) is 22.9 Å². The second-order valence-corrected chi connectivity index (χ2v) is 5.70. The minimum absolute atomic E-state index is 0.0150. The van der Waals surface area contributed by atoms with Crippen molar-refractivity contribution in [3.8, 4) is 0 Å². The highest BCUT2D eigenvalue weighted by Gasteiger charge is 2.32. The second kappa shape index (κ2) is 6.93. The van der Waals surface area contributed by atoms with E-state index in [0.29, 0.717) is 19.7 Å². The summed E-state index contributed by atoms with van der Waals surface area (Å²) in [5, 5.41) is 0.